The Hall–Kier alpha value is -1.08. The Kier molecular flexibility index (Phi) is 6.05. The van der Waals surface area contributed by atoms with Crippen molar-refractivity contribution < 1.29 is 9.53 Å². The maximum Gasteiger partial charge on any atom is 0.243 e. The molecular formula is C12H22N2O2. The average molecular weight is 226 g/mol. The number of nitriles is 1. The summed E-state index contributed by atoms with van der Waals surface area (Å²) in [5, 5.41) is 9.08. The number of hydrogen-bond acceptors (Lipinski definition) is 3. The van der Waals surface area contributed by atoms with Crippen LogP contribution in [0.1, 0.15) is 34.1 Å². The van der Waals surface area contributed by atoms with E-state index >= 15 is 0 Å². The monoisotopic (exact) mass is 226 g/mol. The van der Waals surface area contributed by atoms with Crippen molar-refractivity contribution in [1.29, 1.82) is 5.26 Å². The fourth-order valence-corrected chi connectivity index (χ4v) is 1.38. The summed E-state index contributed by atoms with van der Waals surface area (Å²) in [4.78, 5) is 13.9. The molecule has 0 aliphatic carbocycles. The van der Waals surface area contributed by atoms with Gasteiger partial charge in [0.1, 0.15) is 5.41 Å². The minimum atomic E-state index is -0.919. The van der Waals surface area contributed by atoms with Crippen molar-refractivity contribution in [3.05, 3.63) is 0 Å². The Morgan fingerprint density at radius 3 is 2.44 bits per heavy atom. The van der Waals surface area contributed by atoms with Crippen LogP contribution in [0.3, 0.4) is 0 Å². The zero-order valence-electron chi connectivity index (χ0n) is 10.9. The van der Waals surface area contributed by atoms with Crippen LogP contribution in [-0.4, -0.2) is 37.1 Å². The maximum absolute atomic E-state index is 12.2. The van der Waals surface area contributed by atoms with E-state index in [1.165, 1.54) is 0 Å². The molecule has 0 N–H and O–H groups in total. The summed E-state index contributed by atoms with van der Waals surface area (Å²) in [5.41, 5.74) is -0.919. The first-order chi connectivity index (χ1) is 7.42. The Bertz CT molecular complexity index is 271. The third-order valence-corrected chi connectivity index (χ3v) is 2.85. The van der Waals surface area contributed by atoms with E-state index in [4.69, 9.17) is 10.00 Å². The molecule has 0 aliphatic heterocycles. The highest BCUT2D eigenvalue weighted by atomic mass is 16.5. The second-order valence-corrected chi connectivity index (χ2v) is 4.38. The van der Waals surface area contributed by atoms with Gasteiger partial charge in [0.15, 0.2) is 0 Å². The molecule has 0 rings (SSSR count). The lowest BCUT2D eigenvalue weighted by molar-refractivity contribution is -0.141. The summed E-state index contributed by atoms with van der Waals surface area (Å²) in [5.74, 6) is -0.107. The summed E-state index contributed by atoms with van der Waals surface area (Å²) in [6, 6.07) is 2.19. The highest BCUT2D eigenvalue weighted by Gasteiger charge is 2.35. The first-order valence-corrected chi connectivity index (χ1v) is 5.64. The quantitative estimate of drug-likeness (QED) is 0.694. The molecule has 0 aromatic rings. The predicted octanol–water partition coefficient (Wildman–Crippen LogP) is 1.81. The molecule has 0 bridgehead atoms. The van der Waals surface area contributed by atoms with Gasteiger partial charge >= 0.3 is 0 Å². The molecule has 4 nitrogen and oxygen atoms in total. The minimum absolute atomic E-state index is 0.0851. The van der Waals surface area contributed by atoms with E-state index in [9.17, 15) is 4.79 Å². The van der Waals surface area contributed by atoms with Crippen LogP contribution in [0, 0.1) is 16.7 Å². The molecule has 0 saturated heterocycles. The molecule has 16 heavy (non-hydrogen) atoms. The molecular weight excluding hydrogens is 204 g/mol. The molecule has 0 radical (unpaired) electrons. The van der Waals surface area contributed by atoms with Crippen molar-refractivity contribution >= 4 is 5.91 Å². The zero-order valence-corrected chi connectivity index (χ0v) is 10.9. The van der Waals surface area contributed by atoms with E-state index in [0.29, 0.717) is 19.6 Å². The first-order valence-electron chi connectivity index (χ1n) is 5.64. The number of carbonyl (C=O) groups is 1. The number of ether oxygens (including phenoxy) is 1. The van der Waals surface area contributed by atoms with Crippen molar-refractivity contribution in [3.63, 3.8) is 0 Å². The van der Waals surface area contributed by atoms with Crippen LogP contribution in [0.4, 0.5) is 0 Å². The van der Waals surface area contributed by atoms with Gasteiger partial charge in [-0.1, -0.05) is 6.92 Å². The van der Waals surface area contributed by atoms with Crippen LogP contribution >= 0.6 is 0 Å². The largest absolute Gasteiger partial charge is 0.383 e. The summed E-state index contributed by atoms with van der Waals surface area (Å²) in [6.45, 7) is 8.47. The second-order valence-electron chi connectivity index (χ2n) is 4.38. The predicted molar refractivity (Wildman–Crippen MR) is 62.7 cm³/mol. The number of carbonyl (C=O) groups excluding carboxylic acids is 1. The molecule has 1 atom stereocenters. The van der Waals surface area contributed by atoms with Gasteiger partial charge < -0.3 is 9.64 Å². The van der Waals surface area contributed by atoms with Crippen LogP contribution in [0.2, 0.25) is 0 Å². The molecule has 1 unspecified atom stereocenters. The number of hydrogen-bond donors (Lipinski definition) is 0. The number of amides is 1. The van der Waals surface area contributed by atoms with E-state index in [-0.39, 0.29) is 11.9 Å². The van der Waals surface area contributed by atoms with Crippen LogP contribution in [0.5, 0.6) is 0 Å². The third-order valence-electron chi connectivity index (χ3n) is 2.85. The highest BCUT2D eigenvalue weighted by Crippen LogP contribution is 2.24. The Morgan fingerprint density at radius 1 is 1.56 bits per heavy atom. The van der Waals surface area contributed by atoms with Gasteiger partial charge in [0.2, 0.25) is 5.91 Å². The van der Waals surface area contributed by atoms with Crippen molar-refractivity contribution in [3.8, 4) is 6.07 Å². The standard InChI is InChI=1S/C12H22N2O2/c1-6-12(4,9-13)11(15)14(10(2)3)7-8-16-5/h10H,6-8H2,1-5H3. The van der Waals surface area contributed by atoms with Gasteiger partial charge in [-0.05, 0) is 27.2 Å². The van der Waals surface area contributed by atoms with Crippen molar-refractivity contribution in [2.45, 2.75) is 40.2 Å². The van der Waals surface area contributed by atoms with E-state index in [1.54, 1.807) is 18.9 Å². The first kappa shape index (κ1) is 14.9. The van der Waals surface area contributed by atoms with E-state index in [1.807, 2.05) is 20.8 Å². The summed E-state index contributed by atoms with van der Waals surface area (Å²) in [7, 11) is 1.60. The molecule has 1 amide bonds. The van der Waals surface area contributed by atoms with Crippen molar-refractivity contribution in [1.82, 2.24) is 4.90 Å². The Morgan fingerprint density at radius 2 is 2.12 bits per heavy atom. The van der Waals surface area contributed by atoms with Crippen LogP contribution < -0.4 is 0 Å². The average Bonchev–Trinajstić information content (AvgIpc) is 2.27. The van der Waals surface area contributed by atoms with Gasteiger partial charge in [-0.3, -0.25) is 4.79 Å². The van der Waals surface area contributed by atoms with E-state index < -0.39 is 5.41 Å². The van der Waals surface area contributed by atoms with Gasteiger partial charge in [0.05, 0.1) is 12.7 Å². The Labute approximate surface area is 98.2 Å². The van der Waals surface area contributed by atoms with Gasteiger partial charge in [0, 0.05) is 19.7 Å². The molecule has 0 saturated carbocycles. The highest BCUT2D eigenvalue weighted by molar-refractivity contribution is 5.85. The number of rotatable bonds is 6. The molecule has 0 spiro atoms. The van der Waals surface area contributed by atoms with Gasteiger partial charge in [-0.15, -0.1) is 0 Å². The lowest BCUT2D eigenvalue weighted by atomic mass is 9.87. The van der Waals surface area contributed by atoms with Gasteiger partial charge in [-0.25, -0.2) is 0 Å². The van der Waals surface area contributed by atoms with Crippen LogP contribution in [0.25, 0.3) is 0 Å². The lowest BCUT2D eigenvalue weighted by Gasteiger charge is -2.32. The van der Waals surface area contributed by atoms with Gasteiger partial charge in [-0.2, -0.15) is 5.26 Å². The molecule has 0 heterocycles. The fraction of sp³-hybridized carbons (Fsp3) is 0.833. The zero-order chi connectivity index (χ0) is 12.8. The van der Waals surface area contributed by atoms with Crippen LogP contribution in [0.15, 0.2) is 0 Å². The topological polar surface area (TPSA) is 53.3 Å². The Balaban J connectivity index is 4.81. The number of methoxy groups -OCH3 is 1. The molecule has 0 aliphatic rings. The minimum Gasteiger partial charge on any atom is -0.383 e. The third kappa shape index (κ3) is 3.49. The summed E-state index contributed by atoms with van der Waals surface area (Å²) >= 11 is 0. The lowest BCUT2D eigenvalue weighted by Crippen LogP contribution is -2.46. The molecule has 0 fully saturated rings. The van der Waals surface area contributed by atoms with Crippen molar-refractivity contribution in [2.24, 2.45) is 5.41 Å². The van der Waals surface area contributed by atoms with Gasteiger partial charge in [0.25, 0.3) is 0 Å². The number of nitrogens with zero attached hydrogens (tertiary/aromatic N) is 2. The summed E-state index contributed by atoms with van der Waals surface area (Å²) < 4.78 is 4.98. The maximum atomic E-state index is 12.2. The normalized spacial score (nSPS) is 14.3. The van der Waals surface area contributed by atoms with Crippen LogP contribution in [-0.2, 0) is 9.53 Å². The SMILES string of the molecule is CCC(C)(C#N)C(=O)N(CCOC)C(C)C. The molecule has 92 valence electrons. The molecule has 0 aromatic carbocycles. The molecule has 0 aromatic heterocycles. The second kappa shape index (κ2) is 6.49. The van der Waals surface area contributed by atoms with Crippen molar-refractivity contribution in [2.75, 3.05) is 20.3 Å². The molecule has 4 heteroatoms. The van der Waals surface area contributed by atoms with E-state index in [2.05, 4.69) is 6.07 Å². The smallest absolute Gasteiger partial charge is 0.243 e. The fourth-order valence-electron chi connectivity index (χ4n) is 1.38. The summed E-state index contributed by atoms with van der Waals surface area (Å²) in [6.07, 6.45) is 0.526. The van der Waals surface area contributed by atoms with E-state index in [0.717, 1.165) is 0 Å².